The smallest absolute Gasteiger partial charge is 0.279 e. The second kappa shape index (κ2) is 5.65. The zero-order chi connectivity index (χ0) is 13.3. The SMILES string of the molecule is O=S(=O)(NC1CCN2CCCCC12)N1CCOCC1. The van der Waals surface area contributed by atoms with Crippen LogP contribution in [0.15, 0.2) is 0 Å². The van der Waals surface area contributed by atoms with Gasteiger partial charge in [-0.25, -0.2) is 0 Å². The summed E-state index contributed by atoms with van der Waals surface area (Å²) in [5, 5.41) is 0. The maximum atomic E-state index is 12.4. The second-order valence-electron chi connectivity index (χ2n) is 5.63. The van der Waals surface area contributed by atoms with Crippen molar-refractivity contribution in [1.82, 2.24) is 13.9 Å². The molecule has 3 aliphatic heterocycles. The van der Waals surface area contributed by atoms with Gasteiger partial charge in [-0.15, -0.1) is 0 Å². The van der Waals surface area contributed by atoms with E-state index in [0.717, 1.165) is 25.9 Å². The Hall–Kier alpha value is -0.210. The van der Waals surface area contributed by atoms with Crippen LogP contribution >= 0.6 is 0 Å². The molecule has 0 bridgehead atoms. The Morgan fingerprint density at radius 1 is 1.00 bits per heavy atom. The van der Waals surface area contributed by atoms with Crippen molar-refractivity contribution < 1.29 is 13.2 Å². The fraction of sp³-hybridized carbons (Fsp3) is 1.00. The molecule has 0 saturated carbocycles. The lowest BCUT2D eigenvalue weighted by Crippen LogP contribution is -2.53. The van der Waals surface area contributed by atoms with Gasteiger partial charge in [0.25, 0.3) is 10.2 Å². The Morgan fingerprint density at radius 2 is 1.79 bits per heavy atom. The van der Waals surface area contributed by atoms with Crippen LogP contribution in [0.25, 0.3) is 0 Å². The van der Waals surface area contributed by atoms with Gasteiger partial charge in [-0.3, -0.25) is 4.90 Å². The van der Waals surface area contributed by atoms with Crippen LogP contribution in [-0.4, -0.2) is 69.1 Å². The van der Waals surface area contributed by atoms with E-state index < -0.39 is 10.2 Å². The van der Waals surface area contributed by atoms with E-state index in [1.807, 2.05) is 0 Å². The normalized spacial score (nSPS) is 34.3. The molecule has 0 aromatic rings. The molecule has 3 aliphatic rings. The van der Waals surface area contributed by atoms with Gasteiger partial charge in [0.1, 0.15) is 0 Å². The standard InChI is InChI=1S/C12H23N3O3S/c16-19(17,15-7-9-18-10-8-15)13-11-4-6-14-5-2-1-3-12(11)14/h11-13H,1-10H2. The molecule has 2 unspecified atom stereocenters. The summed E-state index contributed by atoms with van der Waals surface area (Å²) < 4.78 is 34.4. The molecule has 3 heterocycles. The highest BCUT2D eigenvalue weighted by Crippen LogP contribution is 2.27. The van der Waals surface area contributed by atoms with Crippen LogP contribution in [0.4, 0.5) is 0 Å². The lowest BCUT2D eigenvalue weighted by molar-refractivity contribution is 0.0721. The van der Waals surface area contributed by atoms with Crippen molar-refractivity contribution in [3.63, 3.8) is 0 Å². The zero-order valence-corrected chi connectivity index (χ0v) is 12.1. The van der Waals surface area contributed by atoms with Gasteiger partial charge in [0.05, 0.1) is 13.2 Å². The molecular weight excluding hydrogens is 266 g/mol. The first-order valence-corrected chi connectivity index (χ1v) is 8.70. The number of hydrogen-bond donors (Lipinski definition) is 1. The summed E-state index contributed by atoms with van der Waals surface area (Å²) in [4.78, 5) is 2.44. The number of ether oxygens (including phenoxy) is 1. The number of rotatable bonds is 3. The number of nitrogens with one attached hydrogen (secondary N) is 1. The topological polar surface area (TPSA) is 61.9 Å². The van der Waals surface area contributed by atoms with Gasteiger partial charge in [0.15, 0.2) is 0 Å². The lowest BCUT2D eigenvalue weighted by atomic mass is 10.00. The molecule has 0 radical (unpaired) electrons. The van der Waals surface area contributed by atoms with Crippen molar-refractivity contribution in [3.05, 3.63) is 0 Å². The van der Waals surface area contributed by atoms with E-state index in [9.17, 15) is 8.42 Å². The molecule has 0 amide bonds. The van der Waals surface area contributed by atoms with E-state index in [0.29, 0.717) is 32.3 Å². The molecular formula is C12H23N3O3S. The first-order valence-electron chi connectivity index (χ1n) is 7.26. The third kappa shape index (κ3) is 2.95. The van der Waals surface area contributed by atoms with Gasteiger partial charge in [-0.1, -0.05) is 6.42 Å². The van der Waals surface area contributed by atoms with Crippen LogP contribution in [0.2, 0.25) is 0 Å². The molecule has 110 valence electrons. The van der Waals surface area contributed by atoms with E-state index in [1.54, 1.807) is 0 Å². The highest BCUT2D eigenvalue weighted by molar-refractivity contribution is 7.87. The summed E-state index contributed by atoms with van der Waals surface area (Å²) in [6.07, 6.45) is 4.53. The second-order valence-corrected chi connectivity index (χ2v) is 7.33. The Bertz CT molecular complexity index is 408. The van der Waals surface area contributed by atoms with E-state index in [4.69, 9.17) is 4.74 Å². The minimum atomic E-state index is -3.34. The first kappa shape index (κ1) is 13.8. The van der Waals surface area contributed by atoms with Crippen molar-refractivity contribution >= 4 is 10.2 Å². The maximum absolute atomic E-state index is 12.4. The Labute approximate surface area is 115 Å². The van der Waals surface area contributed by atoms with Gasteiger partial charge in [-0.2, -0.15) is 17.4 Å². The van der Waals surface area contributed by atoms with Crippen molar-refractivity contribution in [1.29, 1.82) is 0 Å². The predicted octanol–water partition coefficient (Wildman–Crippen LogP) is -0.220. The van der Waals surface area contributed by atoms with Crippen molar-refractivity contribution in [2.45, 2.75) is 37.8 Å². The number of hydrogen-bond acceptors (Lipinski definition) is 4. The highest BCUT2D eigenvalue weighted by atomic mass is 32.2. The third-order valence-corrected chi connectivity index (χ3v) is 6.11. The molecule has 0 aromatic heterocycles. The van der Waals surface area contributed by atoms with Crippen LogP contribution in [0.1, 0.15) is 25.7 Å². The van der Waals surface area contributed by atoms with Crippen LogP contribution in [-0.2, 0) is 14.9 Å². The summed E-state index contributed by atoms with van der Waals surface area (Å²) in [6, 6.07) is 0.498. The molecule has 6 nitrogen and oxygen atoms in total. The van der Waals surface area contributed by atoms with Crippen LogP contribution < -0.4 is 4.72 Å². The van der Waals surface area contributed by atoms with Crippen LogP contribution in [0.3, 0.4) is 0 Å². The monoisotopic (exact) mass is 289 g/mol. The Morgan fingerprint density at radius 3 is 2.58 bits per heavy atom. The molecule has 0 spiro atoms. The van der Waals surface area contributed by atoms with Gasteiger partial charge in [0, 0.05) is 31.7 Å². The number of fused-ring (bicyclic) bond motifs is 1. The molecule has 0 aromatic carbocycles. The van der Waals surface area contributed by atoms with Gasteiger partial charge in [0.2, 0.25) is 0 Å². The minimum Gasteiger partial charge on any atom is -0.379 e. The molecule has 0 aliphatic carbocycles. The highest BCUT2D eigenvalue weighted by Gasteiger charge is 2.38. The average molecular weight is 289 g/mol. The van der Waals surface area contributed by atoms with Crippen LogP contribution in [0.5, 0.6) is 0 Å². The molecule has 1 N–H and O–H groups in total. The fourth-order valence-electron chi connectivity index (χ4n) is 3.44. The molecule has 3 rings (SSSR count). The van der Waals surface area contributed by atoms with E-state index in [2.05, 4.69) is 9.62 Å². The molecule has 3 saturated heterocycles. The van der Waals surface area contributed by atoms with E-state index in [-0.39, 0.29) is 6.04 Å². The summed E-state index contributed by atoms with van der Waals surface area (Å²) >= 11 is 0. The van der Waals surface area contributed by atoms with Gasteiger partial charge >= 0.3 is 0 Å². The number of piperidine rings is 1. The summed E-state index contributed by atoms with van der Waals surface area (Å²) in [6.45, 7) is 4.09. The zero-order valence-electron chi connectivity index (χ0n) is 11.3. The minimum absolute atomic E-state index is 0.0909. The number of morpholine rings is 1. The lowest BCUT2D eigenvalue weighted by Gasteiger charge is -2.34. The first-order chi connectivity index (χ1) is 9.17. The summed E-state index contributed by atoms with van der Waals surface area (Å²) in [7, 11) is -3.34. The van der Waals surface area contributed by atoms with E-state index >= 15 is 0 Å². The Balaban J connectivity index is 1.63. The third-order valence-electron chi connectivity index (χ3n) is 4.47. The van der Waals surface area contributed by atoms with Crippen molar-refractivity contribution in [2.24, 2.45) is 0 Å². The maximum Gasteiger partial charge on any atom is 0.279 e. The molecule has 2 atom stereocenters. The quantitative estimate of drug-likeness (QED) is 0.780. The van der Waals surface area contributed by atoms with Crippen molar-refractivity contribution in [2.75, 3.05) is 39.4 Å². The van der Waals surface area contributed by atoms with Crippen LogP contribution in [0, 0.1) is 0 Å². The fourth-order valence-corrected chi connectivity index (χ4v) is 4.87. The molecule has 7 heteroatoms. The van der Waals surface area contributed by atoms with Gasteiger partial charge < -0.3 is 4.74 Å². The summed E-state index contributed by atoms with van der Waals surface area (Å²) in [5.41, 5.74) is 0. The largest absolute Gasteiger partial charge is 0.379 e. The van der Waals surface area contributed by atoms with Crippen molar-refractivity contribution in [3.8, 4) is 0 Å². The van der Waals surface area contributed by atoms with E-state index in [1.165, 1.54) is 17.1 Å². The Kier molecular flexibility index (Phi) is 4.09. The molecule has 3 fully saturated rings. The summed E-state index contributed by atoms with van der Waals surface area (Å²) in [5.74, 6) is 0. The van der Waals surface area contributed by atoms with Gasteiger partial charge in [-0.05, 0) is 25.8 Å². The number of nitrogens with zero attached hydrogens (tertiary/aromatic N) is 2. The average Bonchev–Trinajstić information content (AvgIpc) is 2.83. The molecule has 19 heavy (non-hydrogen) atoms. The predicted molar refractivity (Wildman–Crippen MR) is 72.1 cm³/mol.